The van der Waals surface area contributed by atoms with Crippen LogP contribution in [0.15, 0.2) is 30.0 Å². The second kappa shape index (κ2) is 16.5. The summed E-state index contributed by atoms with van der Waals surface area (Å²) in [6, 6.07) is 3.55. The van der Waals surface area contributed by atoms with Crippen LogP contribution >= 0.6 is 0 Å². The van der Waals surface area contributed by atoms with Gasteiger partial charge < -0.3 is 15.0 Å². The van der Waals surface area contributed by atoms with E-state index in [1.807, 2.05) is 18.7 Å². The first-order valence-corrected chi connectivity index (χ1v) is 12.5. The molecule has 1 fully saturated rings. The summed E-state index contributed by atoms with van der Waals surface area (Å²) in [5, 5.41) is 11.1. The smallest absolute Gasteiger partial charge is 0.379 e. The first-order valence-electron chi connectivity index (χ1n) is 12.5. The van der Waals surface area contributed by atoms with E-state index >= 15 is 0 Å². The van der Waals surface area contributed by atoms with Crippen molar-refractivity contribution in [3.8, 4) is 0 Å². The number of anilines is 1. The second-order valence-corrected chi connectivity index (χ2v) is 8.73. The van der Waals surface area contributed by atoms with Crippen LogP contribution in [-0.2, 0) is 11.2 Å². The molecule has 0 spiro atoms. The Balaban J connectivity index is 0.000000507. The molecule has 1 saturated heterocycles. The van der Waals surface area contributed by atoms with Crippen molar-refractivity contribution in [3.05, 3.63) is 41.4 Å². The Labute approximate surface area is 208 Å². The number of unbranched alkanes of at least 4 members (excludes halogenated alkanes) is 1. The van der Waals surface area contributed by atoms with E-state index in [1.54, 1.807) is 13.0 Å². The van der Waals surface area contributed by atoms with Crippen molar-refractivity contribution in [2.45, 2.75) is 66.0 Å². The SMILES string of the molecule is CCCCN1CCOCC1.CCCN(CCC)C(=N)/C=C(/C)Nc1ccc(F)c(CC(F)(F)F)c1. The van der Waals surface area contributed by atoms with E-state index in [0.29, 0.717) is 17.2 Å². The van der Waals surface area contributed by atoms with E-state index in [2.05, 4.69) is 17.1 Å². The lowest BCUT2D eigenvalue weighted by molar-refractivity contribution is -0.127. The number of amidine groups is 1. The van der Waals surface area contributed by atoms with Gasteiger partial charge in [0.05, 0.1) is 19.6 Å². The Bertz CT molecular complexity index is 771. The highest BCUT2D eigenvalue weighted by Crippen LogP contribution is 2.25. The van der Waals surface area contributed by atoms with Gasteiger partial charge in [0.15, 0.2) is 0 Å². The summed E-state index contributed by atoms with van der Waals surface area (Å²) in [4.78, 5) is 4.41. The predicted octanol–water partition coefficient (Wildman–Crippen LogP) is 6.46. The van der Waals surface area contributed by atoms with Gasteiger partial charge in [-0.15, -0.1) is 0 Å². The second-order valence-electron chi connectivity index (χ2n) is 8.73. The molecule has 0 unspecified atom stereocenters. The molecule has 2 N–H and O–H groups in total. The van der Waals surface area contributed by atoms with Crippen LogP contribution < -0.4 is 5.32 Å². The number of halogens is 4. The zero-order chi connectivity index (χ0) is 26.3. The molecule has 0 aromatic heterocycles. The maximum atomic E-state index is 13.5. The van der Waals surface area contributed by atoms with Gasteiger partial charge in [0.2, 0.25) is 0 Å². The lowest BCUT2D eigenvalue weighted by Crippen LogP contribution is -2.36. The number of nitrogens with one attached hydrogen (secondary N) is 2. The van der Waals surface area contributed by atoms with Crippen LogP contribution in [0.25, 0.3) is 0 Å². The lowest BCUT2D eigenvalue weighted by Gasteiger charge is -2.26. The topological polar surface area (TPSA) is 51.6 Å². The van der Waals surface area contributed by atoms with Crippen molar-refractivity contribution in [2.75, 3.05) is 51.3 Å². The number of ether oxygens (including phenoxy) is 1. The molecule has 0 aliphatic carbocycles. The van der Waals surface area contributed by atoms with Gasteiger partial charge in [-0.3, -0.25) is 10.3 Å². The summed E-state index contributed by atoms with van der Waals surface area (Å²) >= 11 is 0. The summed E-state index contributed by atoms with van der Waals surface area (Å²) in [5.41, 5.74) is 0.561. The summed E-state index contributed by atoms with van der Waals surface area (Å²) in [6.45, 7) is 15.0. The van der Waals surface area contributed by atoms with E-state index in [1.165, 1.54) is 25.5 Å². The predicted molar refractivity (Wildman–Crippen MR) is 136 cm³/mol. The van der Waals surface area contributed by atoms with Gasteiger partial charge in [-0.2, -0.15) is 13.2 Å². The van der Waals surface area contributed by atoms with Gasteiger partial charge in [0, 0.05) is 37.6 Å². The van der Waals surface area contributed by atoms with Gasteiger partial charge in [-0.25, -0.2) is 4.39 Å². The van der Waals surface area contributed by atoms with E-state index in [-0.39, 0.29) is 0 Å². The fourth-order valence-electron chi connectivity index (χ4n) is 3.66. The highest BCUT2D eigenvalue weighted by atomic mass is 19.4. The molecule has 1 aliphatic rings. The molecular formula is C26H42F4N4O. The number of alkyl halides is 3. The van der Waals surface area contributed by atoms with Crippen LogP contribution in [0.5, 0.6) is 0 Å². The maximum Gasteiger partial charge on any atom is 0.393 e. The van der Waals surface area contributed by atoms with Gasteiger partial charge in [-0.05, 0) is 62.6 Å². The van der Waals surface area contributed by atoms with Crippen molar-refractivity contribution in [1.29, 1.82) is 5.41 Å². The third-order valence-electron chi connectivity index (χ3n) is 5.39. The van der Waals surface area contributed by atoms with Crippen molar-refractivity contribution in [3.63, 3.8) is 0 Å². The summed E-state index contributed by atoms with van der Waals surface area (Å²) in [6.07, 6.45) is 0.319. The normalized spacial score (nSPS) is 14.8. The molecule has 1 aromatic carbocycles. The number of benzene rings is 1. The molecule has 0 saturated carbocycles. The molecule has 200 valence electrons. The van der Waals surface area contributed by atoms with E-state index < -0.39 is 24.0 Å². The molecule has 0 bridgehead atoms. The monoisotopic (exact) mass is 502 g/mol. The first kappa shape index (κ1) is 30.9. The molecule has 1 heterocycles. The molecule has 2 rings (SSSR count). The quantitative estimate of drug-likeness (QED) is 0.207. The van der Waals surface area contributed by atoms with Crippen LogP contribution in [0, 0.1) is 11.2 Å². The van der Waals surface area contributed by atoms with Crippen LogP contribution in [0.4, 0.5) is 23.2 Å². The van der Waals surface area contributed by atoms with E-state index in [0.717, 1.165) is 64.4 Å². The number of hydrogen-bond acceptors (Lipinski definition) is 4. The Hall–Kier alpha value is -2.13. The first-order chi connectivity index (χ1) is 16.6. The van der Waals surface area contributed by atoms with E-state index in [4.69, 9.17) is 10.1 Å². The molecule has 5 nitrogen and oxygen atoms in total. The highest BCUT2D eigenvalue weighted by Gasteiger charge is 2.29. The Morgan fingerprint density at radius 2 is 1.74 bits per heavy atom. The Kier molecular flexibility index (Phi) is 14.6. The molecule has 0 atom stereocenters. The zero-order valence-corrected chi connectivity index (χ0v) is 21.6. The van der Waals surface area contributed by atoms with E-state index in [9.17, 15) is 17.6 Å². The average Bonchev–Trinajstić information content (AvgIpc) is 2.80. The molecule has 1 aromatic rings. The summed E-state index contributed by atoms with van der Waals surface area (Å²) in [7, 11) is 0. The molecule has 35 heavy (non-hydrogen) atoms. The van der Waals surface area contributed by atoms with Crippen LogP contribution in [0.3, 0.4) is 0 Å². The number of nitrogens with zero attached hydrogens (tertiary/aromatic N) is 2. The molecule has 1 aliphatic heterocycles. The van der Waals surface area contributed by atoms with Crippen molar-refractivity contribution in [1.82, 2.24) is 9.80 Å². The molecule has 9 heteroatoms. The van der Waals surface area contributed by atoms with Gasteiger partial charge in [-0.1, -0.05) is 27.2 Å². The fraction of sp³-hybridized carbons (Fsp3) is 0.654. The van der Waals surface area contributed by atoms with Crippen LogP contribution in [0.2, 0.25) is 0 Å². The Morgan fingerprint density at radius 1 is 1.11 bits per heavy atom. The number of hydrogen-bond donors (Lipinski definition) is 2. The fourth-order valence-corrected chi connectivity index (χ4v) is 3.66. The van der Waals surface area contributed by atoms with Crippen molar-refractivity contribution in [2.24, 2.45) is 0 Å². The zero-order valence-electron chi connectivity index (χ0n) is 21.6. The minimum absolute atomic E-state index is 0.339. The minimum atomic E-state index is -4.47. The lowest BCUT2D eigenvalue weighted by atomic mass is 10.1. The van der Waals surface area contributed by atoms with Crippen molar-refractivity contribution >= 4 is 11.5 Å². The molecule has 0 radical (unpaired) electrons. The maximum absolute atomic E-state index is 13.5. The largest absolute Gasteiger partial charge is 0.393 e. The number of allylic oxidation sites excluding steroid dienone is 1. The van der Waals surface area contributed by atoms with Gasteiger partial charge >= 0.3 is 6.18 Å². The van der Waals surface area contributed by atoms with Crippen LogP contribution in [0.1, 0.15) is 58.9 Å². The molecule has 0 amide bonds. The third-order valence-corrected chi connectivity index (χ3v) is 5.39. The summed E-state index contributed by atoms with van der Waals surface area (Å²) < 4.78 is 56.2. The highest BCUT2D eigenvalue weighted by molar-refractivity contribution is 5.91. The summed E-state index contributed by atoms with van der Waals surface area (Å²) in [5.74, 6) is -0.541. The standard InChI is InChI=1S/C18H25F4N3.C8H17NO/c1-4-8-25(9-5-2)17(23)10-13(3)24-15-6-7-16(19)14(11-15)12-18(20,21)22;1-2-3-4-9-5-7-10-8-6-9/h6-7,10-11,23-24H,4-5,8-9,12H2,1-3H3;2-8H2,1H3/b13-10-,23-17?;. The third kappa shape index (κ3) is 13.5. The minimum Gasteiger partial charge on any atom is -0.379 e. The van der Waals surface area contributed by atoms with Gasteiger partial charge in [0.25, 0.3) is 0 Å². The number of morpholine rings is 1. The van der Waals surface area contributed by atoms with Gasteiger partial charge in [0.1, 0.15) is 11.7 Å². The average molecular weight is 503 g/mol. The molecular weight excluding hydrogens is 460 g/mol. The number of rotatable bonds is 11. The Morgan fingerprint density at radius 3 is 2.29 bits per heavy atom. The van der Waals surface area contributed by atoms with Crippen molar-refractivity contribution < 1.29 is 22.3 Å². The van der Waals surface area contributed by atoms with Crippen LogP contribution in [-0.4, -0.2) is 67.7 Å².